The van der Waals surface area contributed by atoms with E-state index in [2.05, 4.69) is 9.80 Å². The lowest BCUT2D eigenvalue weighted by Gasteiger charge is -2.55. The number of aromatic nitrogens is 1. The normalized spacial score (nSPS) is 33.6. The third kappa shape index (κ3) is 3.46. The summed E-state index contributed by atoms with van der Waals surface area (Å²) in [6, 6.07) is 6.70. The molecule has 0 N–H and O–H groups in total. The number of hydrogen-bond acceptors (Lipinski definition) is 3. The van der Waals surface area contributed by atoms with E-state index < -0.39 is 0 Å². The van der Waals surface area contributed by atoms with Gasteiger partial charge in [-0.15, -0.1) is 0 Å². The number of pyridine rings is 1. The molecule has 27 heavy (non-hydrogen) atoms. The lowest BCUT2D eigenvalue weighted by molar-refractivity contribution is -0.139. The van der Waals surface area contributed by atoms with Gasteiger partial charge in [0.25, 0.3) is 5.56 Å². The Morgan fingerprint density at radius 3 is 2.59 bits per heavy atom. The van der Waals surface area contributed by atoms with Crippen LogP contribution in [0.15, 0.2) is 29.2 Å². The quantitative estimate of drug-likeness (QED) is 0.818. The summed E-state index contributed by atoms with van der Waals surface area (Å²) in [6.45, 7) is 3.53. The molecule has 5 heteroatoms. The van der Waals surface area contributed by atoms with E-state index >= 15 is 0 Å². The molecular formula is C22H31N3O2. The van der Waals surface area contributed by atoms with E-state index in [1.165, 1.54) is 45.1 Å². The van der Waals surface area contributed by atoms with Crippen molar-refractivity contribution in [2.45, 2.75) is 63.6 Å². The Labute approximate surface area is 161 Å². The van der Waals surface area contributed by atoms with Crippen LogP contribution in [0.25, 0.3) is 0 Å². The number of carbonyl (C=O) groups is 1. The topological polar surface area (TPSA) is 45.6 Å². The molecular weight excluding hydrogens is 338 g/mol. The Morgan fingerprint density at radius 2 is 1.81 bits per heavy atom. The highest BCUT2D eigenvalue weighted by Crippen LogP contribution is 2.46. The number of piperidine rings is 3. The van der Waals surface area contributed by atoms with Crippen molar-refractivity contribution in [3.05, 3.63) is 34.7 Å². The van der Waals surface area contributed by atoms with Crippen molar-refractivity contribution in [2.75, 3.05) is 19.6 Å². The van der Waals surface area contributed by atoms with Crippen LogP contribution in [0.2, 0.25) is 0 Å². The van der Waals surface area contributed by atoms with Crippen LogP contribution in [-0.2, 0) is 11.3 Å². The highest BCUT2D eigenvalue weighted by Gasteiger charge is 2.48. The molecule has 4 fully saturated rings. The molecule has 0 radical (unpaired) electrons. The SMILES string of the molecule is O=C(CCn1ccccc1=O)N1C[C@@H]2C[C@H](C1)[C@@H]1CCC[C@H](C3CC3)N1C2. The standard InChI is InChI=1S/C22H31N3O2/c26-21-6-1-2-10-23(21)11-9-22(27)24-13-16-12-18(15-24)20-5-3-4-19(17-7-8-17)25(20)14-16/h1-2,6,10,16-20H,3-5,7-9,11-15H2/t16-,18+,19+,20-/m0/s1. The highest BCUT2D eigenvalue weighted by atomic mass is 16.2. The molecule has 1 aliphatic carbocycles. The first-order valence-electron chi connectivity index (χ1n) is 10.9. The van der Waals surface area contributed by atoms with Crippen molar-refractivity contribution in [2.24, 2.45) is 17.8 Å². The molecule has 0 unspecified atom stereocenters. The summed E-state index contributed by atoms with van der Waals surface area (Å²) >= 11 is 0. The number of rotatable bonds is 4. The van der Waals surface area contributed by atoms with Gasteiger partial charge in [0, 0.05) is 56.9 Å². The molecule has 146 valence electrons. The van der Waals surface area contributed by atoms with Crippen LogP contribution in [0.3, 0.4) is 0 Å². The van der Waals surface area contributed by atoms with Crippen molar-refractivity contribution in [1.29, 1.82) is 0 Å². The summed E-state index contributed by atoms with van der Waals surface area (Å²) < 4.78 is 1.64. The molecule has 1 saturated carbocycles. The van der Waals surface area contributed by atoms with Crippen LogP contribution in [0.5, 0.6) is 0 Å². The number of aryl methyl sites for hydroxylation is 1. The van der Waals surface area contributed by atoms with E-state index in [4.69, 9.17) is 0 Å². The van der Waals surface area contributed by atoms with Gasteiger partial charge in [0.2, 0.25) is 5.91 Å². The number of carbonyl (C=O) groups excluding carboxylic acids is 1. The number of fused-ring (bicyclic) bond motifs is 4. The fraction of sp³-hybridized carbons (Fsp3) is 0.727. The largest absolute Gasteiger partial charge is 0.342 e. The number of nitrogens with zero attached hydrogens (tertiary/aromatic N) is 3. The first-order valence-corrected chi connectivity index (χ1v) is 10.9. The Bertz CT molecular complexity index is 756. The minimum atomic E-state index is -0.0234. The minimum absolute atomic E-state index is 0.0234. The molecule has 5 nitrogen and oxygen atoms in total. The van der Waals surface area contributed by atoms with Crippen LogP contribution >= 0.6 is 0 Å². The van der Waals surface area contributed by atoms with Gasteiger partial charge in [-0.3, -0.25) is 14.5 Å². The molecule has 5 rings (SSSR count). The van der Waals surface area contributed by atoms with Gasteiger partial charge in [0.1, 0.15) is 0 Å². The summed E-state index contributed by atoms with van der Waals surface area (Å²) in [5.74, 6) is 2.49. The van der Waals surface area contributed by atoms with E-state index in [1.807, 2.05) is 6.07 Å². The predicted octanol–water partition coefficient (Wildman–Crippen LogP) is 2.35. The smallest absolute Gasteiger partial charge is 0.250 e. The fourth-order valence-corrected chi connectivity index (χ4v) is 6.06. The van der Waals surface area contributed by atoms with Gasteiger partial charge in [-0.1, -0.05) is 12.5 Å². The molecule has 1 aromatic heterocycles. The van der Waals surface area contributed by atoms with Gasteiger partial charge < -0.3 is 9.47 Å². The predicted molar refractivity (Wildman–Crippen MR) is 104 cm³/mol. The van der Waals surface area contributed by atoms with Gasteiger partial charge in [-0.05, 0) is 55.9 Å². The molecule has 3 saturated heterocycles. The van der Waals surface area contributed by atoms with Crippen LogP contribution in [0.4, 0.5) is 0 Å². The summed E-state index contributed by atoms with van der Waals surface area (Å²) in [4.78, 5) is 29.7. The van der Waals surface area contributed by atoms with Crippen molar-refractivity contribution < 1.29 is 4.79 Å². The van der Waals surface area contributed by atoms with Crippen LogP contribution in [0, 0.1) is 17.8 Å². The number of hydrogen-bond donors (Lipinski definition) is 0. The maximum Gasteiger partial charge on any atom is 0.250 e. The highest BCUT2D eigenvalue weighted by molar-refractivity contribution is 5.76. The van der Waals surface area contributed by atoms with E-state index in [0.717, 1.165) is 25.0 Å². The summed E-state index contributed by atoms with van der Waals surface area (Å²) in [5, 5.41) is 0. The molecule has 1 amide bonds. The second kappa shape index (κ2) is 7.08. The molecule has 2 bridgehead atoms. The third-order valence-corrected chi connectivity index (χ3v) is 7.42. The summed E-state index contributed by atoms with van der Waals surface area (Å²) in [5.41, 5.74) is -0.0234. The van der Waals surface area contributed by atoms with Crippen LogP contribution in [0.1, 0.15) is 44.9 Å². The molecule has 0 spiro atoms. The molecule has 1 aromatic rings. The second-order valence-corrected chi connectivity index (χ2v) is 9.24. The van der Waals surface area contributed by atoms with Crippen LogP contribution < -0.4 is 5.56 Å². The summed E-state index contributed by atoms with van der Waals surface area (Å²) in [7, 11) is 0. The Balaban J connectivity index is 1.23. The first kappa shape index (κ1) is 17.5. The van der Waals surface area contributed by atoms with E-state index in [-0.39, 0.29) is 11.5 Å². The zero-order chi connectivity index (χ0) is 18.4. The number of amides is 1. The van der Waals surface area contributed by atoms with Gasteiger partial charge in [0.15, 0.2) is 0 Å². The van der Waals surface area contributed by atoms with Crippen LogP contribution in [-0.4, -0.2) is 52.0 Å². The third-order valence-electron chi connectivity index (χ3n) is 7.42. The van der Waals surface area contributed by atoms with E-state index in [0.29, 0.717) is 30.8 Å². The zero-order valence-electron chi connectivity index (χ0n) is 16.1. The summed E-state index contributed by atoms with van der Waals surface area (Å²) in [6.07, 6.45) is 10.5. The fourth-order valence-electron chi connectivity index (χ4n) is 6.06. The van der Waals surface area contributed by atoms with E-state index in [1.54, 1.807) is 22.9 Å². The van der Waals surface area contributed by atoms with Crippen molar-refractivity contribution >= 4 is 5.91 Å². The van der Waals surface area contributed by atoms with E-state index in [9.17, 15) is 9.59 Å². The first-order chi connectivity index (χ1) is 13.2. The van der Waals surface area contributed by atoms with Crippen molar-refractivity contribution in [3.63, 3.8) is 0 Å². The second-order valence-electron chi connectivity index (χ2n) is 9.24. The van der Waals surface area contributed by atoms with Gasteiger partial charge >= 0.3 is 0 Å². The lowest BCUT2D eigenvalue weighted by atomic mass is 9.74. The molecule has 4 atom stereocenters. The average Bonchev–Trinajstić information content (AvgIpc) is 3.52. The Hall–Kier alpha value is -1.62. The number of likely N-dealkylation sites (tertiary alicyclic amines) is 1. The maximum absolute atomic E-state index is 12.9. The lowest BCUT2D eigenvalue weighted by Crippen LogP contribution is -2.62. The molecule has 3 aliphatic heterocycles. The van der Waals surface area contributed by atoms with Gasteiger partial charge in [-0.2, -0.15) is 0 Å². The molecule has 4 aliphatic rings. The molecule has 0 aromatic carbocycles. The van der Waals surface area contributed by atoms with Crippen molar-refractivity contribution in [1.82, 2.24) is 14.4 Å². The Morgan fingerprint density at radius 1 is 1.00 bits per heavy atom. The van der Waals surface area contributed by atoms with Crippen molar-refractivity contribution in [3.8, 4) is 0 Å². The Kier molecular flexibility index (Phi) is 4.58. The average molecular weight is 370 g/mol. The van der Waals surface area contributed by atoms with Gasteiger partial charge in [-0.25, -0.2) is 0 Å². The maximum atomic E-state index is 12.9. The van der Waals surface area contributed by atoms with Gasteiger partial charge in [0.05, 0.1) is 0 Å². The zero-order valence-corrected chi connectivity index (χ0v) is 16.1. The monoisotopic (exact) mass is 369 g/mol. The molecule has 4 heterocycles. The minimum Gasteiger partial charge on any atom is -0.342 e.